The molecule has 1 aliphatic rings. The number of β-amino-alcohol motifs (C(OH)–C–C–N with tert-alkyl or cyclic N) is 1. The fourth-order valence-electron chi connectivity index (χ4n) is 4.70. The Morgan fingerprint density at radius 1 is 1.17 bits per heavy atom. The molecule has 2 unspecified atom stereocenters. The third kappa shape index (κ3) is 7.38. The number of amides is 2. The number of non-ortho nitro benzene ring substituents is 1. The Labute approximate surface area is 243 Å². The molecule has 3 N–H and O–H groups in total. The Morgan fingerprint density at radius 2 is 1.90 bits per heavy atom. The number of pyridine rings is 1. The summed E-state index contributed by atoms with van der Waals surface area (Å²) < 4.78 is 32.9. The molecule has 1 aliphatic heterocycles. The summed E-state index contributed by atoms with van der Waals surface area (Å²) in [6.07, 6.45) is 1.23. The number of nitro benzene ring substituents is 1. The van der Waals surface area contributed by atoms with E-state index in [1.807, 2.05) is 13.8 Å². The van der Waals surface area contributed by atoms with Gasteiger partial charge in [-0.3, -0.25) is 19.7 Å². The van der Waals surface area contributed by atoms with E-state index >= 15 is 0 Å². The lowest BCUT2D eigenvalue weighted by Crippen LogP contribution is -2.54. The first-order valence-electron chi connectivity index (χ1n) is 13.5. The molecule has 1 aromatic carbocycles. The van der Waals surface area contributed by atoms with Crippen molar-refractivity contribution in [3.05, 3.63) is 76.7 Å². The van der Waals surface area contributed by atoms with Crippen molar-refractivity contribution in [3.63, 3.8) is 0 Å². The van der Waals surface area contributed by atoms with Crippen LogP contribution in [0, 0.1) is 16.0 Å². The molecular formula is C28H33N5O8S. The highest BCUT2D eigenvalue weighted by Crippen LogP contribution is 2.25. The quantitative estimate of drug-likeness (QED) is 0.233. The Bertz CT molecular complexity index is 1510. The highest BCUT2D eigenvalue weighted by molar-refractivity contribution is 7.89. The first kappa shape index (κ1) is 30.8. The lowest BCUT2D eigenvalue weighted by atomic mass is 10.0. The molecule has 3 heterocycles. The molecule has 13 nitrogen and oxygen atoms in total. The summed E-state index contributed by atoms with van der Waals surface area (Å²) in [4.78, 5) is 40.7. The maximum absolute atomic E-state index is 13.3. The minimum atomic E-state index is -3.92. The maximum Gasteiger partial charge on any atom is 0.287 e. The zero-order valence-electron chi connectivity index (χ0n) is 23.2. The average Bonchev–Trinajstić information content (AvgIpc) is 3.39. The summed E-state index contributed by atoms with van der Waals surface area (Å²) in [5.41, 5.74) is 0.463. The van der Waals surface area contributed by atoms with Crippen LogP contribution in [-0.4, -0.2) is 70.8 Å². The third-order valence-corrected chi connectivity index (χ3v) is 8.65. The predicted molar refractivity (Wildman–Crippen MR) is 152 cm³/mol. The molecule has 1 saturated heterocycles. The number of rotatable bonds is 10. The summed E-state index contributed by atoms with van der Waals surface area (Å²) in [5.74, 6) is -0.824. The van der Waals surface area contributed by atoms with Gasteiger partial charge in [0.1, 0.15) is 11.8 Å². The number of carbonyl (C=O) groups excluding carboxylic acids is 2. The number of hydrogen-bond acceptors (Lipinski definition) is 9. The summed E-state index contributed by atoms with van der Waals surface area (Å²) in [6.45, 7) is 3.73. The Balaban J connectivity index is 1.41. The topological polar surface area (TPSA) is 185 Å². The van der Waals surface area contributed by atoms with Crippen molar-refractivity contribution in [2.75, 3.05) is 13.1 Å². The van der Waals surface area contributed by atoms with E-state index in [0.29, 0.717) is 30.6 Å². The number of aliphatic hydroxyl groups excluding tert-OH is 1. The van der Waals surface area contributed by atoms with Crippen molar-refractivity contribution in [2.45, 2.75) is 56.3 Å². The van der Waals surface area contributed by atoms with Crippen LogP contribution in [0.3, 0.4) is 0 Å². The van der Waals surface area contributed by atoms with Crippen molar-refractivity contribution < 1.29 is 32.5 Å². The highest BCUT2D eigenvalue weighted by atomic mass is 32.2. The molecule has 0 spiro atoms. The molecular weight excluding hydrogens is 566 g/mol. The van der Waals surface area contributed by atoms with Gasteiger partial charge in [0.25, 0.3) is 21.6 Å². The van der Waals surface area contributed by atoms with Gasteiger partial charge < -0.3 is 20.2 Å². The van der Waals surface area contributed by atoms with Gasteiger partial charge in [-0.05, 0) is 61.6 Å². The average molecular weight is 600 g/mol. The number of benzene rings is 1. The van der Waals surface area contributed by atoms with E-state index in [-0.39, 0.29) is 35.5 Å². The van der Waals surface area contributed by atoms with Gasteiger partial charge in [0.15, 0.2) is 10.8 Å². The van der Waals surface area contributed by atoms with Crippen molar-refractivity contribution in [1.82, 2.24) is 19.9 Å². The lowest BCUT2D eigenvalue weighted by molar-refractivity contribution is -0.384. The molecule has 0 bridgehead atoms. The molecule has 0 radical (unpaired) electrons. The van der Waals surface area contributed by atoms with Gasteiger partial charge >= 0.3 is 0 Å². The van der Waals surface area contributed by atoms with E-state index in [9.17, 15) is 33.2 Å². The van der Waals surface area contributed by atoms with E-state index in [2.05, 4.69) is 15.6 Å². The first-order valence-corrected chi connectivity index (χ1v) is 14.9. The number of sulfonamides is 1. The lowest BCUT2D eigenvalue weighted by Gasteiger charge is -2.27. The van der Waals surface area contributed by atoms with Crippen LogP contribution in [0.1, 0.15) is 43.7 Å². The van der Waals surface area contributed by atoms with Crippen LogP contribution < -0.4 is 10.6 Å². The van der Waals surface area contributed by atoms with Crippen LogP contribution in [0.4, 0.5) is 5.69 Å². The van der Waals surface area contributed by atoms with Crippen LogP contribution >= 0.6 is 0 Å². The van der Waals surface area contributed by atoms with E-state index in [0.717, 1.165) is 0 Å². The van der Waals surface area contributed by atoms with Crippen molar-refractivity contribution >= 4 is 27.5 Å². The van der Waals surface area contributed by atoms with Crippen molar-refractivity contribution in [1.29, 1.82) is 0 Å². The number of hydrogen-bond donors (Lipinski definition) is 3. The van der Waals surface area contributed by atoms with Crippen LogP contribution in [0.25, 0.3) is 11.3 Å². The maximum atomic E-state index is 13.3. The minimum Gasteiger partial charge on any atom is -0.451 e. The zero-order valence-corrected chi connectivity index (χ0v) is 24.0. The fraction of sp³-hybridized carbons (Fsp3) is 0.393. The molecule has 3 aromatic rings. The van der Waals surface area contributed by atoms with Crippen molar-refractivity contribution in [2.24, 2.45) is 5.92 Å². The summed E-state index contributed by atoms with van der Waals surface area (Å²) in [5, 5.41) is 27.2. The number of nitrogens with zero attached hydrogens (tertiary/aromatic N) is 3. The van der Waals surface area contributed by atoms with Gasteiger partial charge in [-0.1, -0.05) is 19.9 Å². The van der Waals surface area contributed by atoms with Gasteiger partial charge in [-0.15, -0.1) is 0 Å². The SMILES string of the molecule is CC(C)CC(NC(=O)c1ccc(-c2ccc([N+](=O)[O-])cc2)o1)C(=O)NC1CCCN(S(=O)(=O)c2ccccn2)C[C@@H]1O. The molecule has 0 saturated carbocycles. The summed E-state index contributed by atoms with van der Waals surface area (Å²) >= 11 is 0. The third-order valence-electron chi connectivity index (χ3n) is 6.87. The van der Waals surface area contributed by atoms with Gasteiger partial charge in [-0.2, -0.15) is 4.31 Å². The number of nitro groups is 1. The van der Waals surface area contributed by atoms with Crippen LogP contribution in [0.2, 0.25) is 0 Å². The number of aliphatic hydroxyl groups is 1. The van der Waals surface area contributed by atoms with E-state index in [1.54, 1.807) is 18.2 Å². The predicted octanol–water partition coefficient (Wildman–Crippen LogP) is 2.72. The normalized spacial score (nSPS) is 18.7. The molecule has 14 heteroatoms. The van der Waals surface area contributed by atoms with Gasteiger partial charge in [0.05, 0.1) is 17.1 Å². The van der Waals surface area contributed by atoms with Crippen LogP contribution in [0.5, 0.6) is 0 Å². The number of furan rings is 1. The number of carbonyl (C=O) groups is 2. The summed E-state index contributed by atoms with van der Waals surface area (Å²) in [7, 11) is -3.92. The first-order chi connectivity index (χ1) is 20.0. The Kier molecular flexibility index (Phi) is 9.70. The van der Waals surface area contributed by atoms with Gasteiger partial charge in [0.2, 0.25) is 5.91 Å². The fourth-order valence-corrected chi connectivity index (χ4v) is 6.13. The Hall–Kier alpha value is -4.14. The second-order valence-electron chi connectivity index (χ2n) is 10.5. The molecule has 224 valence electrons. The molecule has 2 aromatic heterocycles. The highest BCUT2D eigenvalue weighted by Gasteiger charge is 2.35. The second-order valence-corrected chi connectivity index (χ2v) is 12.4. The standard InChI is InChI=1S/C28H33N5O8S/c1-18(2)16-22(31-28(36)25-13-12-24(41-25)19-8-10-20(11-9-19)33(37)38)27(35)30-21-6-5-15-32(17-23(21)34)42(39,40)26-7-3-4-14-29-26/h3-4,7-14,18,21-23,34H,5-6,15-17H2,1-2H3,(H,30,35)(H,31,36)/t21?,22?,23-/m0/s1. The smallest absolute Gasteiger partial charge is 0.287 e. The van der Waals surface area contributed by atoms with E-state index in [1.165, 1.54) is 46.9 Å². The van der Waals surface area contributed by atoms with Crippen LogP contribution in [0.15, 0.2) is 70.2 Å². The van der Waals surface area contributed by atoms with Crippen molar-refractivity contribution in [3.8, 4) is 11.3 Å². The van der Waals surface area contributed by atoms with E-state index < -0.39 is 44.9 Å². The molecule has 4 rings (SSSR count). The molecule has 0 aliphatic carbocycles. The molecule has 3 atom stereocenters. The number of nitrogens with one attached hydrogen (secondary N) is 2. The van der Waals surface area contributed by atoms with Gasteiger partial charge in [-0.25, -0.2) is 13.4 Å². The molecule has 42 heavy (non-hydrogen) atoms. The van der Waals surface area contributed by atoms with E-state index in [4.69, 9.17) is 4.42 Å². The molecule has 2 amide bonds. The zero-order chi connectivity index (χ0) is 30.4. The number of aromatic nitrogens is 1. The van der Waals surface area contributed by atoms with Gasteiger partial charge in [0, 0.05) is 37.0 Å². The minimum absolute atomic E-state index is 0.0337. The van der Waals surface area contributed by atoms with Crippen LogP contribution in [-0.2, 0) is 14.8 Å². The second kappa shape index (κ2) is 13.2. The largest absolute Gasteiger partial charge is 0.451 e. The monoisotopic (exact) mass is 599 g/mol. The summed E-state index contributed by atoms with van der Waals surface area (Å²) in [6, 6.07) is 11.6. The Morgan fingerprint density at radius 3 is 2.55 bits per heavy atom. The molecule has 1 fully saturated rings.